The molecule has 0 N–H and O–H groups in total. The third-order valence-corrected chi connectivity index (χ3v) is 4.76. The Bertz CT molecular complexity index is 1320. The molecular formula is C20H11F3N4O7. The fraction of sp³-hybridized carbons (Fsp3) is 0.150. The van der Waals surface area contributed by atoms with E-state index in [0.29, 0.717) is 4.90 Å². The van der Waals surface area contributed by atoms with E-state index in [9.17, 15) is 37.7 Å². The molecule has 2 heterocycles. The van der Waals surface area contributed by atoms with E-state index in [1.54, 1.807) is 0 Å². The molecule has 3 aromatic rings. The van der Waals surface area contributed by atoms with E-state index < -0.39 is 58.8 Å². The fourth-order valence-electron chi connectivity index (χ4n) is 3.17. The van der Waals surface area contributed by atoms with Crippen molar-refractivity contribution in [3.63, 3.8) is 0 Å². The lowest BCUT2D eigenvalue weighted by atomic mass is 10.1. The predicted molar refractivity (Wildman–Crippen MR) is 103 cm³/mol. The van der Waals surface area contributed by atoms with Crippen molar-refractivity contribution in [2.24, 2.45) is 0 Å². The van der Waals surface area contributed by atoms with Crippen molar-refractivity contribution in [1.29, 1.82) is 0 Å². The minimum atomic E-state index is -4.50. The monoisotopic (exact) mass is 476 g/mol. The SMILES string of the molecule is O=C(CN1C(=O)c2cccc([N+](=O)[O-])c2C1=O)OCc1nc(-c2ccc(C(F)(F)F)cc2)no1. The van der Waals surface area contributed by atoms with Crippen molar-refractivity contribution in [3.8, 4) is 11.4 Å². The Morgan fingerprint density at radius 1 is 1.12 bits per heavy atom. The third kappa shape index (κ3) is 4.20. The molecule has 174 valence electrons. The van der Waals surface area contributed by atoms with E-state index in [2.05, 4.69) is 10.1 Å². The summed E-state index contributed by atoms with van der Waals surface area (Å²) in [7, 11) is 0. The van der Waals surface area contributed by atoms with Gasteiger partial charge in [0.2, 0.25) is 5.82 Å². The number of hydrogen-bond acceptors (Lipinski definition) is 9. The maximum absolute atomic E-state index is 12.7. The van der Waals surface area contributed by atoms with Crippen LogP contribution in [0.15, 0.2) is 47.0 Å². The van der Waals surface area contributed by atoms with Crippen LogP contribution < -0.4 is 0 Å². The van der Waals surface area contributed by atoms with Gasteiger partial charge in [-0.05, 0) is 18.2 Å². The molecular weight excluding hydrogens is 465 g/mol. The lowest BCUT2D eigenvalue weighted by Gasteiger charge is -2.12. The summed E-state index contributed by atoms with van der Waals surface area (Å²) < 4.78 is 47.8. The zero-order chi connectivity index (χ0) is 24.6. The summed E-state index contributed by atoms with van der Waals surface area (Å²) >= 11 is 0. The first-order valence-corrected chi connectivity index (χ1v) is 9.35. The van der Waals surface area contributed by atoms with E-state index in [0.717, 1.165) is 30.3 Å². The molecule has 2 amide bonds. The highest BCUT2D eigenvalue weighted by molar-refractivity contribution is 6.24. The second kappa shape index (κ2) is 8.38. The van der Waals surface area contributed by atoms with Crippen molar-refractivity contribution in [2.75, 3.05) is 6.54 Å². The van der Waals surface area contributed by atoms with Crippen molar-refractivity contribution in [3.05, 3.63) is 75.2 Å². The summed E-state index contributed by atoms with van der Waals surface area (Å²) in [6, 6.07) is 7.52. The summed E-state index contributed by atoms with van der Waals surface area (Å²) in [5, 5.41) is 14.7. The lowest BCUT2D eigenvalue weighted by molar-refractivity contribution is -0.385. The lowest BCUT2D eigenvalue weighted by Crippen LogP contribution is -2.35. The largest absolute Gasteiger partial charge is 0.454 e. The number of benzene rings is 2. The van der Waals surface area contributed by atoms with Gasteiger partial charge >= 0.3 is 12.1 Å². The van der Waals surface area contributed by atoms with E-state index in [1.807, 2.05) is 0 Å². The maximum Gasteiger partial charge on any atom is 0.416 e. The number of carbonyl (C=O) groups excluding carboxylic acids is 3. The average Bonchev–Trinajstić information content (AvgIpc) is 3.36. The molecule has 0 saturated heterocycles. The minimum absolute atomic E-state index is 0.0487. The van der Waals surface area contributed by atoms with Crippen molar-refractivity contribution < 1.29 is 41.7 Å². The molecule has 1 aromatic heterocycles. The summed E-state index contributed by atoms with van der Waals surface area (Å²) in [5.41, 5.74) is -1.81. The number of nitrogens with zero attached hydrogens (tertiary/aromatic N) is 4. The quantitative estimate of drug-likeness (QED) is 0.227. The van der Waals surface area contributed by atoms with Gasteiger partial charge in [-0.2, -0.15) is 18.2 Å². The number of fused-ring (bicyclic) bond motifs is 1. The maximum atomic E-state index is 12.7. The molecule has 0 saturated carbocycles. The molecule has 14 heteroatoms. The summed E-state index contributed by atoms with van der Waals surface area (Å²) in [6.07, 6.45) is -4.50. The summed E-state index contributed by atoms with van der Waals surface area (Å²) in [6.45, 7) is -1.36. The molecule has 1 aliphatic heterocycles. The number of imide groups is 1. The Morgan fingerprint density at radius 3 is 2.47 bits per heavy atom. The molecule has 0 spiro atoms. The van der Waals surface area contributed by atoms with E-state index in [4.69, 9.17) is 9.26 Å². The van der Waals surface area contributed by atoms with Gasteiger partial charge in [-0.15, -0.1) is 0 Å². The molecule has 0 fully saturated rings. The van der Waals surface area contributed by atoms with Gasteiger partial charge in [-0.3, -0.25) is 29.4 Å². The topological polar surface area (TPSA) is 146 Å². The average molecular weight is 476 g/mol. The first-order chi connectivity index (χ1) is 16.1. The van der Waals surface area contributed by atoms with Crippen LogP contribution in [0.1, 0.15) is 32.2 Å². The van der Waals surface area contributed by atoms with Gasteiger partial charge in [0, 0.05) is 11.6 Å². The number of esters is 1. The Labute approximate surface area is 186 Å². The molecule has 0 unspecified atom stereocenters. The third-order valence-electron chi connectivity index (χ3n) is 4.76. The second-order valence-corrected chi connectivity index (χ2v) is 6.90. The number of nitro groups is 1. The number of hydrogen-bond donors (Lipinski definition) is 0. The number of carbonyl (C=O) groups is 3. The molecule has 0 radical (unpaired) electrons. The molecule has 0 atom stereocenters. The van der Waals surface area contributed by atoms with Crippen LogP contribution in [-0.2, 0) is 22.3 Å². The summed E-state index contributed by atoms with van der Waals surface area (Å²) in [5.74, 6) is -3.17. The standard InChI is InChI=1S/C20H11F3N4O7/c21-20(22,23)11-6-4-10(5-7-11)17-24-14(34-25-17)9-33-15(28)8-26-18(29)12-2-1-3-13(27(31)32)16(12)19(26)30/h1-7H,8-9H2. The van der Waals surface area contributed by atoms with E-state index in [1.165, 1.54) is 12.1 Å². The van der Waals surface area contributed by atoms with Gasteiger partial charge in [0.1, 0.15) is 12.1 Å². The highest BCUT2D eigenvalue weighted by atomic mass is 19.4. The first kappa shape index (κ1) is 22.6. The number of aromatic nitrogens is 2. The van der Waals surface area contributed by atoms with Gasteiger partial charge in [-0.1, -0.05) is 23.4 Å². The van der Waals surface area contributed by atoms with Gasteiger partial charge in [-0.25, -0.2) is 0 Å². The Hall–Kier alpha value is -4.62. The number of ether oxygens (including phenoxy) is 1. The first-order valence-electron chi connectivity index (χ1n) is 9.35. The van der Waals surface area contributed by atoms with Crippen molar-refractivity contribution >= 4 is 23.5 Å². The second-order valence-electron chi connectivity index (χ2n) is 6.90. The molecule has 0 bridgehead atoms. The molecule has 4 rings (SSSR count). The predicted octanol–water partition coefficient (Wildman–Crippen LogP) is 3.00. The zero-order valence-corrected chi connectivity index (χ0v) is 16.7. The van der Waals surface area contributed by atoms with Crippen LogP contribution in [0.4, 0.5) is 18.9 Å². The van der Waals surface area contributed by atoms with E-state index in [-0.39, 0.29) is 22.8 Å². The molecule has 11 nitrogen and oxygen atoms in total. The minimum Gasteiger partial charge on any atom is -0.454 e. The van der Waals surface area contributed by atoms with Crippen LogP contribution in [0.5, 0.6) is 0 Å². The Morgan fingerprint density at radius 2 is 1.82 bits per heavy atom. The Balaban J connectivity index is 1.38. The van der Waals surface area contributed by atoms with Gasteiger partial charge < -0.3 is 9.26 Å². The fourth-order valence-corrected chi connectivity index (χ4v) is 3.17. The van der Waals surface area contributed by atoms with Crippen LogP contribution in [0.3, 0.4) is 0 Å². The van der Waals surface area contributed by atoms with Crippen LogP contribution in [0.25, 0.3) is 11.4 Å². The van der Waals surface area contributed by atoms with Gasteiger partial charge in [0.25, 0.3) is 23.4 Å². The Kier molecular flexibility index (Phi) is 5.56. The van der Waals surface area contributed by atoms with Crippen molar-refractivity contribution in [2.45, 2.75) is 12.8 Å². The highest BCUT2D eigenvalue weighted by Crippen LogP contribution is 2.31. The number of halogens is 3. The van der Waals surface area contributed by atoms with Gasteiger partial charge in [0.15, 0.2) is 6.61 Å². The van der Waals surface area contributed by atoms with Crippen LogP contribution in [0.2, 0.25) is 0 Å². The van der Waals surface area contributed by atoms with E-state index >= 15 is 0 Å². The molecule has 1 aliphatic rings. The summed E-state index contributed by atoms with van der Waals surface area (Å²) in [4.78, 5) is 51.8. The highest BCUT2D eigenvalue weighted by Gasteiger charge is 2.42. The number of nitro benzene ring substituents is 1. The smallest absolute Gasteiger partial charge is 0.416 e. The molecule has 34 heavy (non-hydrogen) atoms. The zero-order valence-electron chi connectivity index (χ0n) is 16.7. The van der Waals surface area contributed by atoms with Gasteiger partial charge in [0.05, 0.1) is 16.1 Å². The molecule has 2 aromatic carbocycles. The number of alkyl halides is 3. The molecule has 0 aliphatic carbocycles. The van der Waals surface area contributed by atoms with Crippen LogP contribution in [0, 0.1) is 10.1 Å². The number of amides is 2. The van der Waals surface area contributed by atoms with Crippen molar-refractivity contribution in [1.82, 2.24) is 15.0 Å². The normalized spacial score (nSPS) is 13.2. The van der Waals surface area contributed by atoms with Crippen LogP contribution in [-0.4, -0.2) is 44.3 Å². The van der Waals surface area contributed by atoms with Crippen LogP contribution >= 0.6 is 0 Å². The number of rotatable bonds is 6.